The largest absolute Gasteiger partial charge is 0.383 e. The first kappa shape index (κ1) is 13.4. The van der Waals surface area contributed by atoms with Crippen LogP contribution in [0.5, 0.6) is 0 Å². The predicted molar refractivity (Wildman–Crippen MR) is 69.8 cm³/mol. The third-order valence-corrected chi connectivity index (χ3v) is 2.79. The summed E-state index contributed by atoms with van der Waals surface area (Å²) in [7, 11) is 3.62. The van der Waals surface area contributed by atoms with Gasteiger partial charge in [-0.2, -0.15) is 0 Å². The second kappa shape index (κ2) is 6.18. The van der Waals surface area contributed by atoms with Crippen molar-refractivity contribution < 1.29 is 4.74 Å². The molecule has 1 heterocycles. The number of methoxy groups -OCH3 is 1. The maximum Gasteiger partial charge on any atom is 0.142 e. The van der Waals surface area contributed by atoms with Crippen LogP contribution in [0.25, 0.3) is 0 Å². The molecule has 1 aromatic rings. The van der Waals surface area contributed by atoms with Crippen molar-refractivity contribution in [1.29, 1.82) is 0 Å². The van der Waals surface area contributed by atoms with Gasteiger partial charge in [-0.3, -0.25) is 0 Å². The summed E-state index contributed by atoms with van der Waals surface area (Å²) in [5.74, 6) is 0.900. The minimum atomic E-state index is -0.00926. The summed E-state index contributed by atoms with van der Waals surface area (Å²) in [6.45, 7) is 3.27. The Kier molecular flexibility index (Phi) is 5.18. The first-order chi connectivity index (χ1) is 7.54. The number of anilines is 1. The highest BCUT2D eigenvalue weighted by atomic mass is 79.9. The normalized spacial score (nSPS) is 12.6. The fourth-order valence-electron chi connectivity index (χ4n) is 1.51. The van der Waals surface area contributed by atoms with Crippen LogP contribution in [-0.2, 0) is 4.74 Å². The van der Waals surface area contributed by atoms with Crippen molar-refractivity contribution in [2.75, 3.05) is 32.2 Å². The molecule has 0 saturated heterocycles. The standard InChI is InChI=1S/C11H18BrN3O/c1-8-4-10(12)11(14-5-8)15(2)6-9(13)7-16-3/h4-5,9H,6-7,13H2,1-3H3. The molecule has 16 heavy (non-hydrogen) atoms. The molecule has 0 aromatic carbocycles. The Labute approximate surface area is 105 Å². The van der Waals surface area contributed by atoms with Gasteiger partial charge in [-0.15, -0.1) is 0 Å². The van der Waals surface area contributed by atoms with Crippen molar-refractivity contribution in [2.24, 2.45) is 5.73 Å². The van der Waals surface area contributed by atoms with Crippen LogP contribution in [0.15, 0.2) is 16.7 Å². The fraction of sp³-hybridized carbons (Fsp3) is 0.545. The van der Waals surface area contributed by atoms with Crippen LogP contribution in [0.4, 0.5) is 5.82 Å². The van der Waals surface area contributed by atoms with Crippen LogP contribution in [0, 0.1) is 6.92 Å². The Morgan fingerprint density at radius 1 is 1.62 bits per heavy atom. The van der Waals surface area contributed by atoms with E-state index in [2.05, 4.69) is 20.9 Å². The monoisotopic (exact) mass is 287 g/mol. The van der Waals surface area contributed by atoms with Crippen LogP contribution < -0.4 is 10.6 Å². The van der Waals surface area contributed by atoms with Crippen LogP contribution in [0.3, 0.4) is 0 Å². The van der Waals surface area contributed by atoms with E-state index >= 15 is 0 Å². The van der Waals surface area contributed by atoms with Gasteiger partial charge >= 0.3 is 0 Å². The molecule has 0 aliphatic rings. The number of aromatic nitrogens is 1. The average molecular weight is 288 g/mol. The number of ether oxygens (including phenoxy) is 1. The number of nitrogens with zero attached hydrogens (tertiary/aromatic N) is 2. The summed E-state index contributed by atoms with van der Waals surface area (Å²) in [6, 6.07) is 2.03. The number of halogens is 1. The molecular formula is C11H18BrN3O. The third-order valence-electron chi connectivity index (χ3n) is 2.21. The molecular weight excluding hydrogens is 270 g/mol. The van der Waals surface area contributed by atoms with Gasteiger partial charge in [-0.05, 0) is 34.5 Å². The SMILES string of the molecule is COCC(N)CN(C)c1ncc(C)cc1Br. The van der Waals surface area contributed by atoms with Gasteiger partial charge in [-0.25, -0.2) is 4.98 Å². The van der Waals surface area contributed by atoms with Gasteiger partial charge in [0, 0.05) is 32.9 Å². The van der Waals surface area contributed by atoms with E-state index in [9.17, 15) is 0 Å². The highest BCUT2D eigenvalue weighted by Crippen LogP contribution is 2.23. The molecule has 0 aliphatic heterocycles. The lowest BCUT2D eigenvalue weighted by Gasteiger charge is -2.23. The number of hydrogen-bond donors (Lipinski definition) is 1. The van der Waals surface area contributed by atoms with Gasteiger partial charge in [0.05, 0.1) is 11.1 Å². The third kappa shape index (κ3) is 3.73. The van der Waals surface area contributed by atoms with Gasteiger partial charge in [0.1, 0.15) is 5.82 Å². The van der Waals surface area contributed by atoms with Gasteiger partial charge in [0.2, 0.25) is 0 Å². The maximum atomic E-state index is 5.89. The molecule has 1 atom stereocenters. The fourth-order valence-corrected chi connectivity index (χ4v) is 2.28. The number of likely N-dealkylation sites (N-methyl/N-ethyl adjacent to an activating group) is 1. The molecule has 1 aromatic heterocycles. The van der Waals surface area contributed by atoms with E-state index in [0.717, 1.165) is 15.9 Å². The van der Waals surface area contributed by atoms with Crippen molar-refractivity contribution in [3.05, 3.63) is 22.3 Å². The Morgan fingerprint density at radius 3 is 2.88 bits per heavy atom. The molecule has 0 aliphatic carbocycles. The highest BCUT2D eigenvalue weighted by Gasteiger charge is 2.11. The van der Waals surface area contributed by atoms with E-state index in [1.54, 1.807) is 7.11 Å². The maximum absolute atomic E-state index is 5.89. The van der Waals surface area contributed by atoms with Gasteiger partial charge < -0.3 is 15.4 Å². The average Bonchev–Trinajstić information content (AvgIpc) is 2.17. The van der Waals surface area contributed by atoms with Crippen molar-refractivity contribution in [1.82, 2.24) is 4.98 Å². The van der Waals surface area contributed by atoms with Crippen molar-refractivity contribution in [3.63, 3.8) is 0 Å². The summed E-state index contributed by atoms with van der Waals surface area (Å²) < 4.78 is 5.99. The summed E-state index contributed by atoms with van der Waals surface area (Å²) in [4.78, 5) is 6.39. The molecule has 0 saturated carbocycles. The van der Waals surface area contributed by atoms with E-state index < -0.39 is 0 Å². The first-order valence-electron chi connectivity index (χ1n) is 5.12. The number of hydrogen-bond acceptors (Lipinski definition) is 4. The zero-order valence-corrected chi connectivity index (χ0v) is 11.5. The predicted octanol–water partition coefficient (Wildman–Crippen LogP) is 1.56. The number of pyridine rings is 1. The van der Waals surface area contributed by atoms with E-state index in [4.69, 9.17) is 10.5 Å². The number of rotatable bonds is 5. The molecule has 1 unspecified atom stereocenters. The molecule has 0 radical (unpaired) electrons. The lowest BCUT2D eigenvalue weighted by molar-refractivity contribution is 0.181. The molecule has 2 N–H and O–H groups in total. The Hall–Kier alpha value is -0.650. The van der Waals surface area contributed by atoms with Gasteiger partial charge in [0.25, 0.3) is 0 Å². The molecule has 0 bridgehead atoms. The lowest BCUT2D eigenvalue weighted by Crippen LogP contribution is -2.38. The smallest absolute Gasteiger partial charge is 0.142 e. The Balaban J connectivity index is 2.69. The molecule has 1 rings (SSSR count). The van der Waals surface area contributed by atoms with Crippen molar-refractivity contribution >= 4 is 21.7 Å². The topological polar surface area (TPSA) is 51.4 Å². The minimum absolute atomic E-state index is 0.00926. The van der Waals surface area contributed by atoms with Crippen molar-refractivity contribution in [2.45, 2.75) is 13.0 Å². The number of nitrogens with two attached hydrogens (primary N) is 1. The second-order valence-corrected chi connectivity index (χ2v) is 4.77. The van der Waals surface area contributed by atoms with E-state index in [-0.39, 0.29) is 6.04 Å². The van der Waals surface area contributed by atoms with Crippen LogP contribution in [0.2, 0.25) is 0 Å². The van der Waals surface area contributed by atoms with E-state index in [0.29, 0.717) is 13.2 Å². The van der Waals surface area contributed by atoms with E-state index in [1.165, 1.54) is 0 Å². The van der Waals surface area contributed by atoms with Crippen LogP contribution in [-0.4, -0.2) is 38.3 Å². The summed E-state index contributed by atoms with van der Waals surface area (Å²) in [6.07, 6.45) is 1.85. The van der Waals surface area contributed by atoms with Crippen LogP contribution in [0.1, 0.15) is 5.56 Å². The first-order valence-corrected chi connectivity index (χ1v) is 5.91. The summed E-state index contributed by atoms with van der Waals surface area (Å²) in [5.41, 5.74) is 7.02. The molecule has 0 spiro atoms. The number of aryl methyl sites for hydroxylation is 1. The van der Waals surface area contributed by atoms with E-state index in [1.807, 2.05) is 31.1 Å². The van der Waals surface area contributed by atoms with Gasteiger partial charge in [-0.1, -0.05) is 0 Å². The van der Waals surface area contributed by atoms with Gasteiger partial charge in [0.15, 0.2) is 0 Å². The molecule has 90 valence electrons. The highest BCUT2D eigenvalue weighted by molar-refractivity contribution is 9.10. The quantitative estimate of drug-likeness (QED) is 0.893. The Bertz CT molecular complexity index is 346. The van der Waals surface area contributed by atoms with Crippen LogP contribution >= 0.6 is 15.9 Å². The zero-order chi connectivity index (χ0) is 12.1. The lowest BCUT2D eigenvalue weighted by atomic mass is 10.3. The minimum Gasteiger partial charge on any atom is -0.383 e. The second-order valence-electron chi connectivity index (χ2n) is 3.91. The Morgan fingerprint density at radius 2 is 2.31 bits per heavy atom. The molecule has 0 fully saturated rings. The molecule has 0 amide bonds. The zero-order valence-electron chi connectivity index (χ0n) is 9.90. The van der Waals surface area contributed by atoms with Crippen molar-refractivity contribution in [3.8, 4) is 0 Å². The molecule has 5 heteroatoms. The summed E-state index contributed by atoms with van der Waals surface area (Å²) in [5, 5.41) is 0. The summed E-state index contributed by atoms with van der Waals surface area (Å²) >= 11 is 3.50. The molecule has 4 nitrogen and oxygen atoms in total.